The molecular weight excluding hydrogens is 195 g/mol. The first-order chi connectivity index (χ1) is 6.68. The van der Waals surface area contributed by atoms with Crippen molar-refractivity contribution in [3.05, 3.63) is 11.9 Å². The van der Waals surface area contributed by atoms with Crippen molar-refractivity contribution in [2.45, 2.75) is 25.3 Å². The number of hydrazine groups is 2. The zero-order valence-electron chi connectivity index (χ0n) is 7.99. The molecule has 1 aliphatic carbocycles. The molecule has 2 N–H and O–H groups in total. The zero-order chi connectivity index (χ0) is 10.6. The van der Waals surface area contributed by atoms with Crippen LogP contribution in [0.4, 0.5) is 13.2 Å². The van der Waals surface area contributed by atoms with E-state index in [1.807, 2.05) is 18.1 Å². The second-order valence-electron chi connectivity index (χ2n) is 3.38. The van der Waals surface area contributed by atoms with Crippen LogP contribution in [-0.4, -0.2) is 24.2 Å². The highest BCUT2D eigenvalue weighted by Gasteiger charge is 2.48. The van der Waals surface area contributed by atoms with E-state index in [0.29, 0.717) is 0 Å². The van der Waals surface area contributed by atoms with E-state index in [9.17, 15) is 13.2 Å². The highest BCUT2D eigenvalue weighted by molar-refractivity contribution is 5.10. The fourth-order valence-corrected chi connectivity index (χ4v) is 1.25. The van der Waals surface area contributed by atoms with Crippen LogP contribution in [0.3, 0.4) is 0 Å². The van der Waals surface area contributed by atoms with Gasteiger partial charge in [0.2, 0.25) is 6.93 Å². The van der Waals surface area contributed by atoms with E-state index in [-0.39, 0.29) is 12.2 Å². The molecule has 0 aromatic carbocycles. The van der Waals surface area contributed by atoms with E-state index in [2.05, 4.69) is 11.0 Å². The van der Waals surface area contributed by atoms with Crippen molar-refractivity contribution >= 4 is 0 Å². The minimum Gasteiger partial charge on any atom is -0.307 e. The minimum atomic E-state index is -1.75. The molecule has 0 atom stereocenters. The van der Waals surface area contributed by atoms with Crippen molar-refractivity contribution in [3.8, 4) is 0 Å². The lowest BCUT2D eigenvalue weighted by atomic mass is 10.3. The maximum absolute atomic E-state index is 12.5. The number of rotatable bonds is 2. The summed E-state index contributed by atoms with van der Waals surface area (Å²) >= 11 is 0. The highest BCUT2D eigenvalue weighted by Crippen LogP contribution is 2.41. The van der Waals surface area contributed by atoms with Crippen LogP contribution in [0.1, 0.15) is 19.8 Å². The first kappa shape index (κ1) is 11.2. The van der Waals surface area contributed by atoms with Gasteiger partial charge in [0.1, 0.15) is 6.67 Å². The third kappa shape index (κ3) is 2.31. The minimum absolute atomic E-state index is 0.231. The molecule has 1 fully saturated rings. The number of nitrogens with zero attached hydrogens (tertiary/aromatic N) is 1. The molecule has 14 heavy (non-hydrogen) atoms. The lowest BCUT2D eigenvalue weighted by Crippen LogP contribution is -2.45. The zero-order valence-corrected chi connectivity index (χ0v) is 7.99. The lowest BCUT2D eigenvalue weighted by molar-refractivity contribution is 0.146. The molecule has 1 aliphatic heterocycles. The Morgan fingerprint density at radius 1 is 1.43 bits per heavy atom. The average Bonchev–Trinajstić information content (AvgIpc) is 2.85. The molecule has 3 nitrogen and oxygen atoms in total. The second-order valence-corrected chi connectivity index (χ2v) is 3.38. The van der Waals surface area contributed by atoms with Crippen molar-refractivity contribution in [2.24, 2.45) is 0 Å². The number of halogens is 3. The summed E-state index contributed by atoms with van der Waals surface area (Å²) in [5.74, 6) is 0. The molecule has 2 rings (SSSR count). The summed E-state index contributed by atoms with van der Waals surface area (Å²) in [6.07, 6.45) is 3.80. The average molecular weight is 209 g/mol. The maximum atomic E-state index is 12.5. The molecular formula is C8H14F3N3. The van der Waals surface area contributed by atoms with Gasteiger partial charge in [-0.15, -0.1) is 5.53 Å². The molecule has 1 heterocycles. The third-order valence-electron chi connectivity index (χ3n) is 2.28. The van der Waals surface area contributed by atoms with Gasteiger partial charge in [0, 0.05) is 11.9 Å². The van der Waals surface area contributed by atoms with E-state index in [0.717, 1.165) is 18.5 Å². The van der Waals surface area contributed by atoms with Gasteiger partial charge in [-0.05, 0) is 19.8 Å². The summed E-state index contributed by atoms with van der Waals surface area (Å²) in [6.45, 7) is -0.0766. The molecule has 0 unspecified atom stereocenters. The van der Waals surface area contributed by atoms with Crippen LogP contribution < -0.4 is 11.0 Å². The Kier molecular flexibility index (Phi) is 3.62. The van der Waals surface area contributed by atoms with Gasteiger partial charge >= 0.3 is 0 Å². The van der Waals surface area contributed by atoms with Crippen molar-refractivity contribution in [1.82, 2.24) is 16.0 Å². The molecule has 2 aliphatic rings. The largest absolute Gasteiger partial charge is 0.307 e. The predicted octanol–water partition coefficient (Wildman–Crippen LogP) is 1.56. The van der Waals surface area contributed by atoms with E-state index in [1.54, 1.807) is 0 Å². The van der Waals surface area contributed by atoms with Crippen LogP contribution in [0, 0.1) is 0 Å². The Morgan fingerprint density at radius 3 is 2.29 bits per heavy atom. The van der Waals surface area contributed by atoms with Gasteiger partial charge in [0.25, 0.3) is 0 Å². The van der Waals surface area contributed by atoms with Gasteiger partial charge < -0.3 is 5.43 Å². The quantitative estimate of drug-likeness (QED) is 0.722. The Morgan fingerprint density at radius 2 is 2.00 bits per heavy atom. The number of hydrogen-bond donors (Lipinski definition) is 2. The molecule has 82 valence electrons. The fourth-order valence-electron chi connectivity index (χ4n) is 1.25. The van der Waals surface area contributed by atoms with Gasteiger partial charge in [-0.1, -0.05) is 0 Å². The number of nitrogens with one attached hydrogen (secondary N) is 2. The number of allylic oxidation sites excluding steroid dienone is 1. The maximum Gasteiger partial charge on any atom is 0.229 e. The first-order valence-electron chi connectivity index (χ1n) is 4.36. The molecule has 0 spiro atoms. The van der Waals surface area contributed by atoms with Gasteiger partial charge in [-0.3, -0.25) is 5.01 Å². The smallest absolute Gasteiger partial charge is 0.229 e. The molecule has 0 bridgehead atoms. The number of alkyl halides is 3. The van der Waals surface area contributed by atoms with Gasteiger partial charge in [-0.2, -0.15) is 0 Å². The topological polar surface area (TPSA) is 27.3 Å². The van der Waals surface area contributed by atoms with E-state index in [4.69, 9.17) is 0 Å². The van der Waals surface area contributed by atoms with Crippen LogP contribution >= 0.6 is 0 Å². The lowest BCUT2D eigenvalue weighted by Gasteiger charge is -2.23. The Labute approximate surface area is 80.9 Å². The third-order valence-corrected chi connectivity index (χ3v) is 2.28. The first-order valence-corrected chi connectivity index (χ1v) is 4.36. The molecule has 6 heteroatoms. The van der Waals surface area contributed by atoms with Crippen LogP contribution in [0.15, 0.2) is 11.9 Å². The van der Waals surface area contributed by atoms with Crippen molar-refractivity contribution < 1.29 is 13.2 Å². The fraction of sp³-hybridized carbons (Fsp3) is 0.750. The van der Waals surface area contributed by atoms with Crippen LogP contribution in [0.2, 0.25) is 0 Å². The van der Waals surface area contributed by atoms with Crippen LogP contribution in [-0.2, 0) is 0 Å². The summed E-state index contributed by atoms with van der Waals surface area (Å²) in [7, 11) is 0. The van der Waals surface area contributed by atoms with Gasteiger partial charge in [0.15, 0.2) is 0 Å². The van der Waals surface area contributed by atoms with Crippen molar-refractivity contribution in [1.29, 1.82) is 0 Å². The molecule has 0 saturated heterocycles. The summed E-state index contributed by atoms with van der Waals surface area (Å²) in [5, 5.41) is 1.84. The molecule has 0 aromatic rings. The van der Waals surface area contributed by atoms with E-state index in [1.165, 1.54) is 0 Å². The van der Waals surface area contributed by atoms with Gasteiger partial charge in [0.05, 0.1) is 5.54 Å². The van der Waals surface area contributed by atoms with Gasteiger partial charge in [-0.25, -0.2) is 13.2 Å². The summed E-state index contributed by atoms with van der Waals surface area (Å²) in [4.78, 5) is 0. The standard InChI is InChI=1S/C7H12FN3.CH2F2/c1-6-4-11(10-9-6)7(5-8)2-3-7;2-1-3/h4,9-10H,2-3,5H2,1H3;1H2. The number of hydrogen-bond acceptors (Lipinski definition) is 3. The molecule has 0 aromatic heterocycles. The van der Waals surface area contributed by atoms with Crippen molar-refractivity contribution in [2.75, 3.05) is 13.6 Å². The van der Waals surface area contributed by atoms with E-state index < -0.39 is 6.93 Å². The van der Waals surface area contributed by atoms with E-state index >= 15 is 0 Å². The normalized spacial score (nSPS) is 22.0. The van der Waals surface area contributed by atoms with Crippen LogP contribution in [0.25, 0.3) is 0 Å². The summed E-state index contributed by atoms with van der Waals surface area (Å²) < 4.78 is 31.7. The molecule has 0 radical (unpaired) electrons. The van der Waals surface area contributed by atoms with Crippen LogP contribution in [0.5, 0.6) is 0 Å². The second kappa shape index (κ2) is 4.54. The monoisotopic (exact) mass is 209 g/mol. The Hall–Kier alpha value is -0.910. The Bertz CT molecular complexity index is 216. The highest BCUT2D eigenvalue weighted by atomic mass is 19.3. The SMILES string of the molecule is CC1=CN(C2(CF)CC2)NN1.FCF. The predicted molar refractivity (Wildman–Crippen MR) is 46.9 cm³/mol. The summed E-state index contributed by atoms with van der Waals surface area (Å²) in [5.41, 5.74) is 6.63. The van der Waals surface area contributed by atoms with Crippen molar-refractivity contribution in [3.63, 3.8) is 0 Å². The molecule has 0 amide bonds. The molecule has 1 saturated carbocycles. The Balaban J connectivity index is 0.000000293. The summed E-state index contributed by atoms with van der Waals surface area (Å²) in [6, 6.07) is 0.